The van der Waals surface area contributed by atoms with E-state index >= 15 is 0 Å². The van der Waals surface area contributed by atoms with Crippen LogP contribution in [0.15, 0.2) is 17.1 Å². The van der Waals surface area contributed by atoms with Crippen LogP contribution in [0.2, 0.25) is 0 Å². The Morgan fingerprint density at radius 2 is 1.94 bits per heavy atom. The SMILES string of the molecule is CC=C=C(CCCCCCC)P(=O)(O)OCC. The Kier molecular flexibility index (Phi) is 9.49. The molecule has 1 unspecified atom stereocenters. The summed E-state index contributed by atoms with van der Waals surface area (Å²) in [5, 5.41) is 0.415. The smallest absolute Gasteiger partial charge is 0.321 e. The maximum Gasteiger partial charge on any atom is 0.362 e. The van der Waals surface area contributed by atoms with Gasteiger partial charge in [-0.25, -0.2) is 0 Å². The predicted octanol–water partition coefficient (Wildman–Crippen LogP) is 4.63. The second-order valence-corrected chi connectivity index (χ2v) is 5.82. The molecular formula is C13H25O3P. The van der Waals surface area contributed by atoms with Crippen molar-refractivity contribution in [2.24, 2.45) is 0 Å². The summed E-state index contributed by atoms with van der Waals surface area (Å²) < 4.78 is 16.8. The molecule has 0 radical (unpaired) electrons. The highest BCUT2D eigenvalue weighted by Crippen LogP contribution is 2.52. The second-order valence-electron chi connectivity index (χ2n) is 3.98. The summed E-state index contributed by atoms with van der Waals surface area (Å²) in [5.41, 5.74) is 2.85. The van der Waals surface area contributed by atoms with Gasteiger partial charge in [-0.2, -0.15) is 0 Å². The molecule has 3 nitrogen and oxygen atoms in total. The standard InChI is InChI=1S/C13H25O3P/c1-4-7-8-9-10-12-13(11-5-2)17(14,15)16-6-3/h5H,4,6-10,12H2,1-3H3,(H,14,15). The van der Waals surface area contributed by atoms with E-state index in [0.29, 0.717) is 11.7 Å². The molecule has 0 aromatic heterocycles. The fraction of sp³-hybridized carbons (Fsp3) is 0.769. The maximum atomic E-state index is 11.8. The normalized spacial score (nSPS) is 13.9. The van der Waals surface area contributed by atoms with E-state index in [0.717, 1.165) is 12.8 Å². The van der Waals surface area contributed by atoms with Gasteiger partial charge in [0.25, 0.3) is 0 Å². The highest BCUT2D eigenvalue weighted by molar-refractivity contribution is 7.57. The van der Waals surface area contributed by atoms with E-state index < -0.39 is 7.60 Å². The van der Waals surface area contributed by atoms with Gasteiger partial charge in [-0.1, -0.05) is 32.6 Å². The molecule has 0 fully saturated rings. The van der Waals surface area contributed by atoms with Gasteiger partial charge in [-0.15, -0.1) is 5.73 Å². The van der Waals surface area contributed by atoms with Crippen LogP contribution >= 0.6 is 7.60 Å². The quantitative estimate of drug-likeness (QED) is 0.373. The summed E-state index contributed by atoms with van der Waals surface area (Å²) in [4.78, 5) is 9.72. The first-order valence-electron chi connectivity index (χ1n) is 6.46. The van der Waals surface area contributed by atoms with Gasteiger partial charge in [0, 0.05) is 0 Å². The summed E-state index contributed by atoms with van der Waals surface area (Å²) >= 11 is 0. The molecule has 0 rings (SSSR count). The van der Waals surface area contributed by atoms with Crippen LogP contribution in [0.1, 0.15) is 59.3 Å². The van der Waals surface area contributed by atoms with Crippen molar-refractivity contribution < 1.29 is 14.0 Å². The van der Waals surface area contributed by atoms with Crippen LogP contribution in [0.4, 0.5) is 0 Å². The van der Waals surface area contributed by atoms with Gasteiger partial charge in [-0.3, -0.25) is 4.57 Å². The molecule has 100 valence electrons. The molecule has 0 aromatic carbocycles. The molecule has 17 heavy (non-hydrogen) atoms. The molecule has 1 N–H and O–H groups in total. The third kappa shape index (κ3) is 7.57. The topological polar surface area (TPSA) is 46.5 Å². The molecule has 0 amide bonds. The summed E-state index contributed by atoms with van der Waals surface area (Å²) in [6, 6.07) is 0. The average molecular weight is 260 g/mol. The predicted molar refractivity (Wildman–Crippen MR) is 72.1 cm³/mol. The Bertz CT molecular complexity index is 304. The van der Waals surface area contributed by atoms with Gasteiger partial charge < -0.3 is 9.42 Å². The van der Waals surface area contributed by atoms with E-state index in [2.05, 4.69) is 12.7 Å². The highest BCUT2D eigenvalue weighted by atomic mass is 31.2. The van der Waals surface area contributed by atoms with Crippen LogP contribution in [0, 0.1) is 0 Å². The van der Waals surface area contributed by atoms with Crippen LogP contribution in [0.3, 0.4) is 0 Å². The minimum atomic E-state index is -3.60. The van der Waals surface area contributed by atoms with Crippen molar-refractivity contribution in [3.8, 4) is 0 Å². The van der Waals surface area contributed by atoms with Crippen LogP contribution in [0.25, 0.3) is 0 Å². The zero-order chi connectivity index (χ0) is 13.1. The zero-order valence-corrected chi connectivity index (χ0v) is 12.1. The van der Waals surface area contributed by atoms with Crippen LogP contribution in [0.5, 0.6) is 0 Å². The number of hydrogen-bond acceptors (Lipinski definition) is 2. The van der Waals surface area contributed by atoms with Crippen molar-refractivity contribution in [1.29, 1.82) is 0 Å². The van der Waals surface area contributed by atoms with Gasteiger partial charge >= 0.3 is 7.60 Å². The van der Waals surface area contributed by atoms with E-state index in [1.165, 1.54) is 19.3 Å². The lowest BCUT2D eigenvalue weighted by Crippen LogP contribution is -1.93. The number of hydrogen-bond donors (Lipinski definition) is 1. The van der Waals surface area contributed by atoms with E-state index in [-0.39, 0.29) is 6.61 Å². The molecule has 0 spiro atoms. The largest absolute Gasteiger partial charge is 0.362 e. The van der Waals surface area contributed by atoms with Gasteiger partial charge in [0.05, 0.1) is 11.9 Å². The van der Waals surface area contributed by atoms with Gasteiger partial charge in [0.15, 0.2) is 0 Å². The minimum absolute atomic E-state index is 0.249. The summed E-state index contributed by atoms with van der Waals surface area (Å²) in [5.74, 6) is 0. The second kappa shape index (κ2) is 9.67. The van der Waals surface area contributed by atoms with Gasteiger partial charge in [-0.05, 0) is 32.8 Å². The van der Waals surface area contributed by atoms with Crippen LogP contribution < -0.4 is 0 Å². The molecule has 0 bridgehead atoms. The van der Waals surface area contributed by atoms with E-state index in [1.54, 1.807) is 19.9 Å². The zero-order valence-electron chi connectivity index (χ0n) is 11.2. The third-order valence-electron chi connectivity index (χ3n) is 2.47. The molecule has 0 aliphatic carbocycles. The van der Waals surface area contributed by atoms with Crippen molar-refractivity contribution in [3.63, 3.8) is 0 Å². The molecule has 0 aliphatic heterocycles. The van der Waals surface area contributed by atoms with Crippen molar-refractivity contribution in [1.82, 2.24) is 0 Å². The lowest BCUT2D eigenvalue weighted by atomic mass is 10.1. The van der Waals surface area contributed by atoms with E-state index in [9.17, 15) is 9.46 Å². The molecule has 1 atom stereocenters. The first-order chi connectivity index (χ1) is 8.08. The van der Waals surface area contributed by atoms with Crippen LogP contribution in [-0.2, 0) is 9.09 Å². The summed E-state index contributed by atoms with van der Waals surface area (Å²) in [6.07, 6.45) is 7.90. The summed E-state index contributed by atoms with van der Waals surface area (Å²) in [6.45, 7) is 5.93. The Hall–Kier alpha value is -0.330. The van der Waals surface area contributed by atoms with E-state index in [1.807, 2.05) is 0 Å². The third-order valence-corrected chi connectivity index (χ3v) is 4.12. The van der Waals surface area contributed by atoms with Gasteiger partial charge in [0.2, 0.25) is 0 Å². The van der Waals surface area contributed by atoms with Crippen molar-refractivity contribution >= 4 is 7.60 Å². The molecular weight excluding hydrogens is 235 g/mol. The minimum Gasteiger partial charge on any atom is -0.321 e. The lowest BCUT2D eigenvalue weighted by Gasteiger charge is -2.12. The molecule has 0 aliphatic rings. The molecule has 0 saturated heterocycles. The van der Waals surface area contributed by atoms with Crippen molar-refractivity contribution in [3.05, 3.63) is 17.1 Å². The van der Waals surface area contributed by atoms with Crippen molar-refractivity contribution in [2.45, 2.75) is 59.3 Å². The van der Waals surface area contributed by atoms with Crippen molar-refractivity contribution in [2.75, 3.05) is 6.61 Å². The Labute approximate surface area is 105 Å². The van der Waals surface area contributed by atoms with Gasteiger partial charge in [0.1, 0.15) is 0 Å². The Morgan fingerprint density at radius 1 is 1.29 bits per heavy atom. The first-order valence-corrected chi connectivity index (χ1v) is 8.04. The lowest BCUT2D eigenvalue weighted by molar-refractivity contribution is 0.279. The Balaban J connectivity index is 4.28. The fourth-order valence-corrected chi connectivity index (χ4v) is 2.85. The number of rotatable bonds is 9. The Morgan fingerprint density at radius 3 is 2.47 bits per heavy atom. The maximum absolute atomic E-state index is 11.8. The number of unbranched alkanes of at least 4 members (excludes halogenated alkanes) is 4. The summed E-state index contributed by atoms with van der Waals surface area (Å²) in [7, 11) is -3.60. The molecule has 0 heterocycles. The number of allylic oxidation sites excluding steroid dienone is 1. The molecule has 0 aromatic rings. The average Bonchev–Trinajstić information content (AvgIpc) is 2.27. The first kappa shape index (κ1) is 16.7. The highest BCUT2D eigenvalue weighted by Gasteiger charge is 2.24. The monoisotopic (exact) mass is 260 g/mol. The molecule has 0 saturated carbocycles. The van der Waals surface area contributed by atoms with E-state index in [4.69, 9.17) is 4.52 Å². The molecule has 4 heteroatoms. The fourth-order valence-electron chi connectivity index (χ4n) is 1.61. The van der Waals surface area contributed by atoms with Crippen LogP contribution in [-0.4, -0.2) is 11.5 Å².